The highest BCUT2D eigenvalue weighted by molar-refractivity contribution is 7.89. The number of nitrogens with one attached hydrogen (secondary N) is 1. The summed E-state index contributed by atoms with van der Waals surface area (Å²) in [7, 11) is -1.04. The van der Waals surface area contributed by atoms with Gasteiger partial charge in [0, 0.05) is 14.1 Å². The van der Waals surface area contributed by atoms with Gasteiger partial charge in [0.1, 0.15) is 5.69 Å². The molecule has 2 rings (SSSR count). The van der Waals surface area contributed by atoms with Gasteiger partial charge < -0.3 is 5.32 Å². The van der Waals surface area contributed by atoms with Crippen LogP contribution in [-0.4, -0.2) is 35.6 Å². The van der Waals surface area contributed by atoms with Crippen molar-refractivity contribution in [3.8, 4) is 0 Å². The Hall–Kier alpha value is -1.57. The van der Waals surface area contributed by atoms with Gasteiger partial charge in [-0.3, -0.25) is 4.68 Å². The molecule has 1 aromatic rings. The fourth-order valence-electron chi connectivity index (χ4n) is 1.25. The Kier molecular flexibility index (Phi) is 1.59. The van der Waals surface area contributed by atoms with Crippen molar-refractivity contribution in [3.05, 3.63) is 6.20 Å². The molecule has 0 atom stereocenters. The first kappa shape index (κ1) is 9.00. The summed E-state index contributed by atoms with van der Waals surface area (Å²) in [6.07, 6.45) is 1.30. The second kappa shape index (κ2) is 2.47. The lowest BCUT2D eigenvalue weighted by atomic mass is 10.5. The first-order chi connectivity index (χ1) is 6.44. The Balaban J connectivity index is 2.76. The van der Waals surface area contributed by atoms with Gasteiger partial charge in [-0.2, -0.15) is 13.5 Å². The van der Waals surface area contributed by atoms with Crippen molar-refractivity contribution in [1.29, 1.82) is 0 Å². The van der Waals surface area contributed by atoms with E-state index >= 15 is 0 Å². The van der Waals surface area contributed by atoms with Gasteiger partial charge in [0.2, 0.25) is 0 Å². The first-order valence-corrected chi connectivity index (χ1v) is 5.20. The molecule has 1 N–H and O–H groups in total. The average Bonchev–Trinajstić information content (AvgIpc) is 2.44. The molecular weight excluding hydrogens is 208 g/mol. The fourth-order valence-corrected chi connectivity index (χ4v) is 2.54. The van der Waals surface area contributed by atoms with Gasteiger partial charge in [0.05, 0.1) is 6.20 Å². The topological polar surface area (TPSA) is 84.3 Å². The second-order valence-corrected chi connectivity index (χ2v) is 4.77. The van der Waals surface area contributed by atoms with Gasteiger partial charge >= 0.3 is 6.03 Å². The standard InChI is InChI=1S/C6H8N4O3S/c1-9-5-4(3-7-9)8-6(11)10(2)14(5,12)13/h3H,1-2H3,(H,8,11). The van der Waals surface area contributed by atoms with Gasteiger partial charge in [0.15, 0.2) is 5.03 Å². The van der Waals surface area contributed by atoms with E-state index in [1.807, 2.05) is 0 Å². The number of carbonyl (C=O) groups is 1. The van der Waals surface area contributed by atoms with Crippen LogP contribution in [0.5, 0.6) is 0 Å². The molecule has 0 fully saturated rings. The monoisotopic (exact) mass is 216 g/mol. The smallest absolute Gasteiger partial charge is 0.303 e. The predicted octanol–water partition coefficient (Wildman–Crippen LogP) is -0.414. The molecule has 7 nitrogen and oxygen atoms in total. The van der Waals surface area contributed by atoms with E-state index in [4.69, 9.17) is 0 Å². The highest BCUT2D eigenvalue weighted by atomic mass is 32.2. The Morgan fingerprint density at radius 1 is 1.43 bits per heavy atom. The van der Waals surface area contributed by atoms with E-state index in [-0.39, 0.29) is 10.7 Å². The molecule has 0 saturated carbocycles. The molecule has 76 valence electrons. The lowest BCUT2D eigenvalue weighted by Gasteiger charge is -2.23. The molecule has 2 heterocycles. The first-order valence-electron chi connectivity index (χ1n) is 3.76. The van der Waals surface area contributed by atoms with Crippen LogP contribution in [0.3, 0.4) is 0 Å². The molecule has 0 saturated heterocycles. The molecule has 1 aromatic heterocycles. The predicted molar refractivity (Wildman–Crippen MR) is 47.2 cm³/mol. The summed E-state index contributed by atoms with van der Waals surface area (Å²) in [4.78, 5) is 11.2. The van der Waals surface area contributed by atoms with Crippen molar-refractivity contribution in [1.82, 2.24) is 14.1 Å². The molecule has 0 radical (unpaired) electrons. The second-order valence-electron chi connectivity index (χ2n) is 2.89. The van der Waals surface area contributed by atoms with Crippen molar-refractivity contribution >= 4 is 21.7 Å². The molecule has 14 heavy (non-hydrogen) atoms. The number of rotatable bonds is 0. The van der Waals surface area contributed by atoms with Crippen LogP contribution in [0.2, 0.25) is 0 Å². The minimum atomic E-state index is -3.74. The van der Waals surface area contributed by atoms with E-state index < -0.39 is 16.1 Å². The summed E-state index contributed by atoms with van der Waals surface area (Å²) < 4.78 is 25.3. The van der Waals surface area contributed by atoms with E-state index in [9.17, 15) is 13.2 Å². The maximum absolute atomic E-state index is 11.7. The van der Waals surface area contributed by atoms with Crippen LogP contribution in [0.25, 0.3) is 0 Å². The summed E-state index contributed by atoms with van der Waals surface area (Å²) in [5, 5.41) is 6.17. The molecule has 0 unspecified atom stereocenters. The van der Waals surface area contributed by atoms with Crippen molar-refractivity contribution in [2.75, 3.05) is 12.4 Å². The highest BCUT2D eigenvalue weighted by Gasteiger charge is 2.36. The Morgan fingerprint density at radius 2 is 2.07 bits per heavy atom. The molecule has 0 aromatic carbocycles. The van der Waals surface area contributed by atoms with Crippen LogP contribution in [0, 0.1) is 0 Å². The summed E-state index contributed by atoms with van der Waals surface area (Å²) in [5.74, 6) is 0. The Bertz CT molecular complexity index is 503. The number of fused-ring (bicyclic) bond motifs is 1. The van der Waals surface area contributed by atoms with Gasteiger partial charge in [-0.25, -0.2) is 9.10 Å². The third-order valence-corrected chi connectivity index (χ3v) is 3.88. The minimum absolute atomic E-state index is 0.000370. The number of carbonyl (C=O) groups excluding carboxylic acids is 1. The molecule has 0 spiro atoms. The molecule has 2 amide bonds. The zero-order valence-electron chi connectivity index (χ0n) is 7.55. The van der Waals surface area contributed by atoms with Crippen molar-refractivity contribution in [3.63, 3.8) is 0 Å². The molecule has 1 aliphatic heterocycles. The van der Waals surface area contributed by atoms with Crippen LogP contribution in [0.4, 0.5) is 10.5 Å². The van der Waals surface area contributed by atoms with E-state index in [2.05, 4.69) is 10.4 Å². The number of sulfonamides is 1. The number of aromatic nitrogens is 2. The van der Waals surface area contributed by atoms with Crippen LogP contribution in [0.15, 0.2) is 11.2 Å². The zero-order chi connectivity index (χ0) is 10.5. The number of urea groups is 1. The molecule has 8 heteroatoms. The van der Waals surface area contributed by atoms with Gasteiger partial charge in [-0.05, 0) is 0 Å². The number of amides is 2. The van der Waals surface area contributed by atoms with Crippen LogP contribution in [-0.2, 0) is 17.1 Å². The Morgan fingerprint density at radius 3 is 2.71 bits per heavy atom. The van der Waals surface area contributed by atoms with Gasteiger partial charge in [-0.1, -0.05) is 0 Å². The fraction of sp³-hybridized carbons (Fsp3) is 0.333. The SMILES string of the molecule is CN1C(=O)Nc2cnn(C)c2S1(=O)=O. The summed E-state index contributed by atoms with van der Waals surface area (Å²) in [6, 6.07) is -0.675. The number of hydrogen-bond acceptors (Lipinski definition) is 4. The Labute approximate surface area is 80.4 Å². The van der Waals surface area contributed by atoms with Gasteiger partial charge in [0.25, 0.3) is 10.0 Å². The van der Waals surface area contributed by atoms with Crippen molar-refractivity contribution in [2.24, 2.45) is 7.05 Å². The van der Waals surface area contributed by atoms with E-state index in [1.54, 1.807) is 0 Å². The zero-order valence-corrected chi connectivity index (χ0v) is 8.37. The average molecular weight is 216 g/mol. The molecule has 0 bridgehead atoms. The molecule has 0 aliphatic carbocycles. The summed E-state index contributed by atoms with van der Waals surface area (Å²) in [6.45, 7) is 0. The molecular formula is C6H8N4O3S. The van der Waals surface area contributed by atoms with Crippen molar-refractivity contribution in [2.45, 2.75) is 5.03 Å². The van der Waals surface area contributed by atoms with E-state index in [0.29, 0.717) is 4.31 Å². The number of hydrogen-bond donors (Lipinski definition) is 1. The van der Waals surface area contributed by atoms with Crippen LogP contribution < -0.4 is 5.32 Å². The third kappa shape index (κ3) is 0.939. The summed E-state index contributed by atoms with van der Waals surface area (Å²) >= 11 is 0. The number of nitrogens with zero attached hydrogens (tertiary/aromatic N) is 3. The van der Waals surface area contributed by atoms with E-state index in [0.717, 1.165) is 0 Å². The number of aryl methyl sites for hydroxylation is 1. The maximum atomic E-state index is 11.7. The largest absolute Gasteiger partial charge is 0.335 e. The normalized spacial score (nSPS) is 19.0. The highest BCUT2D eigenvalue weighted by Crippen LogP contribution is 2.27. The van der Waals surface area contributed by atoms with Gasteiger partial charge in [-0.15, -0.1) is 0 Å². The maximum Gasteiger partial charge on any atom is 0.335 e. The van der Waals surface area contributed by atoms with Crippen LogP contribution in [0.1, 0.15) is 0 Å². The van der Waals surface area contributed by atoms with Crippen LogP contribution >= 0.6 is 0 Å². The summed E-state index contributed by atoms with van der Waals surface area (Å²) in [5.41, 5.74) is 0.218. The van der Waals surface area contributed by atoms with Crippen molar-refractivity contribution < 1.29 is 13.2 Å². The lowest BCUT2D eigenvalue weighted by molar-refractivity contribution is 0.239. The number of anilines is 1. The third-order valence-electron chi connectivity index (χ3n) is 2.02. The molecule has 1 aliphatic rings. The van der Waals surface area contributed by atoms with E-state index in [1.165, 1.54) is 25.0 Å². The minimum Gasteiger partial charge on any atom is -0.303 e. The quantitative estimate of drug-likeness (QED) is 0.638. The lowest BCUT2D eigenvalue weighted by Crippen LogP contribution is -2.41.